The van der Waals surface area contributed by atoms with Gasteiger partial charge in [-0.1, -0.05) is 13.8 Å². The van der Waals surface area contributed by atoms with Gasteiger partial charge in [0.2, 0.25) is 0 Å². The van der Waals surface area contributed by atoms with Crippen LogP contribution in [0, 0.1) is 5.92 Å². The average molecular weight is 246 g/mol. The molecule has 0 aliphatic heterocycles. The summed E-state index contributed by atoms with van der Waals surface area (Å²) in [6, 6.07) is 0. The fourth-order valence-electron chi connectivity index (χ4n) is 1.76. The van der Waals surface area contributed by atoms with Crippen LogP contribution >= 0.6 is 0 Å². The van der Waals surface area contributed by atoms with E-state index in [1.165, 1.54) is 6.42 Å². The highest BCUT2D eigenvalue weighted by molar-refractivity contribution is 4.61. The Hall–Kier alpha value is -0.160. The smallest absolute Gasteiger partial charge is 0.0589 e. The number of hydrogen-bond acceptors (Lipinski definition) is 4. The molecule has 1 N–H and O–H groups in total. The first kappa shape index (κ1) is 16.8. The van der Waals surface area contributed by atoms with Crippen molar-refractivity contribution in [3.05, 3.63) is 0 Å². The Morgan fingerprint density at radius 2 is 1.71 bits per heavy atom. The molecular formula is C13H30N2O2. The van der Waals surface area contributed by atoms with Crippen molar-refractivity contribution in [2.24, 2.45) is 5.92 Å². The Bertz CT molecular complexity index is 154. The molecule has 0 aromatic carbocycles. The fraction of sp³-hybridized carbons (Fsp3) is 1.00. The lowest BCUT2D eigenvalue weighted by Gasteiger charge is -2.23. The lowest BCUT2D eigenvalue weighted by molar-refractivity contribution is 0.139. The van der Waals surface area contributed by atoms with Crippen molar-refractivity contribution in [3.63, 3.8) is 0 Å². The van der Waals surface area contributed by atoms with Crippen molar-refractivity contribution in [3.8, 4) is 0 Å². The highest BCUT2D eigenvalue weighted by Gasteiger charge is 2.06. The molecule has 4 nitrogen and oxygen atoms in total. The first-order valence-corrected chi connectivity index (χ1v) is 6.61. The van der Waals surface area contributed by atoms with Crippen LogP contribution in [0.4, 0.5) is 0 Å². The van der Waals surface area contributed by atoms with Crippen LogP contribution in [0.3, 0.4) is 0 Å². The quantitative estimate of drug-likeness (QED) is 0.525. The van der Waals surface area contributed by atoms with E-state index in [0.29, 0.717) is 5.92 Å². The Morgan fingerprint density at radius 3 is 2.29 bits per heavy atom. The first-order valence-electron chi connectivity index (χ1n) is 6.61. The van der Waals surface area contributed by atoms with Crippen LogP contribution in [-0.4, -0.2) is 65.1 Å². The van der Waals surface area contributed by atoms with Crippen LogP contribution in [0.25, 0.3) is 0 Å². The van der Waals surface area contributed by atoms with Gasteiger partial charge in [0.15, 0.2) is 0 Å². The third kappa shape index (κ3) is 12.1. The Morgan fingerprint density at radius 1 is 1.00 bits per heavy atom. The third-order valence-electron chi connectivity index (χ3n) is 2.55. The molecule has 0 amide bonds. The first-order chi connectivity index (χ1) is 8.20. The van der Waals surface area contributed by atoms with Gasteiger partial charge in [0.05, 0.1) is 13.2 Å². The predicted molar refractivity (Wildman–Crippen MR) is 72.5 cm³/mol. The van der Waals surface area contributed by atoms with Crippen molar-refractivity contribution < 1.29 is 9.47 Å². The molecule has 0 aromatic rings. The summed E-state index contributed by atoms with van der Waals surface area (Å²) in [6.07, 6.45) is 1.18. The van der Waals surface area contributed by atoms with E-state index in [0.717, 1.165) is 45.9 Å². The van der Waals surface area contributed by atoms with Gasteiger partial charge in [-0.05, 0) is 25.4 Å². The van der Waals surface area contributed by atoms with E-state index >= 15 is 0 Å². The highest BCUT2D eigenvalue weighted by atomic mass is 16.5. The Labute approximate surface area is 107 Å². The average Bonchev–Trinajstić information content (AvgIpc) is 2.29. The maximum absolute atomic E-state index is 5.14. The number of methoxy groups -OCH3 is 2. The zero-order chi connectivity index (χ0) is 12.9. The largest absolute Gasteiger partial charge is 0.383 e. The summed E-state index contributed by atoms with van der Waals surface area (Å²) in [4.78, 5) is 2.48. The van der Waals surface area contributed by atoms with Gasteiger partial charge in [-0.15, -0.1) is 0 Å². The van der Waals surface area contributed by atoms with Gasteiger partial charge in [0.1, 0.15) is 0 Å². The molecule has 0 saturated carbocycles. The molecule has 0 spiro atoms. The molecule has 0 aliphatic rings. The summed E-state index contributed by atoms with van der Waals surface area (Å²) in [5.74, 6) is 0.716. The van der Waals surface area contributed by atoms with Gasteiger partial charge in [-0.2, -0.15) is 0 Å². The molecule has 0 saturated heterocycles. The molecule has 0 unspecified atom stereocenters. The zero-order valence-electron chi connectivity index (χ0n) is 12.0. The lowest BCUT2D eigenvalue weighted by Crippen LogP contribution is -2.33. The van der Waals surface area contributed by atoms with E-state index in [1.54, 1.807) is 14.2 Å². The number of ether oxygens (including phenoxy) is 2. The molecular weight excluding hydrogens is 216 g/mol. The SMILES string of the molecule is COCCNCCCN(CCOC)CC(C)C. The fourth-order valence-corrected chi connectivity index (χ4v) is 1.76. The molecule has 0 bridgehead atoms. The van der Waals surface area contributed by atoms with E-state index in [1.807, 2.05) is 0 Å². The summed E-state index contributed by atoms with van der Waals surface area (Å²) in [6.45, 7) is 11.5. The van der Waals surface area contributed by atoms with Crippen molar-refractivity contribution in [2.75, 3.05) is 60.2 Å². The Balaban J connectivity index is 3.53. The summed E-state index contributed by atoms with van der Waals surface area (Å²) in [7, 11) is 3.50. The summed E-state index contributed by atoms with van der Waals surface area (Å²) in [5.41, 5.74) is 0. The molecule has 0 fully saturated rings. The summed E-state index contributed by atoms with van der Waals surface area (Å²) in [5, 5.41) is 3.37. The molecule has 17 heavy (non-hydrogen) atoms. The predicted octanol–water partition coefficient (Wildman–Crippen LogP) is 1.22. The second kappa shape index (κ2) is 12.3. The van der Waals surface area contributed by atoms with Crippen LogP contribution in [0.2, 0.25) is 0 Å². The second-order valence-corrected chi connectivity index (χ2v) is 4.78. The maximum Gasteiger partial charge on any atom is 0.0589 e. The van der Waals surface area contributed by atoms with Crippen molar-refractivity contribution in [1.29, 1.82) is 0 Å². The van der Waals surface area contributed by atoms with E-state index in [-0.39, 0.29) is 0 Å². The highest BCUT2D eigenvalue weighted by Crippen LogP contribution is 1.99. The van der Waals surface area contributed by atoms with Gasteiger partial charge in [-0.3, -0.25) is 0 Å². The second-order valence-electron chi connectivity index (χ2n) is 4.78. The van der Waals surface area contributed by atoms with E-state index in [2.05, 4.69) is 24.1 Å². The minimum Gasteiger partial charge on any atom is -0.383 e. The molecule has 0 radical (unpaired) electrons. The van der Waals surface area contributed by atoms with Gasteiger partial charge in [0, 0.05) is 33.9 Å². The van der Waals surface area contributed by atoms with Crippen molar-refractivity contribution in [2.45, 2.75) is 20.3 Å². The van der Waals surface area contributed by atoms with Crippen molar-refractivity contribution in [1.82, 2.24) is 10.2 Å². The number of rotatable bonds is 12. The molecule has 104 valence electrons. The van der Waals surface area contributed by atoms with Crippen LogP contribution in [0.5, 0.6) is 0 Å². The molecule has 0 atom stereocenters. The maximum atomic E-state index is 5.14. The molecule has 0 aliphatic carbocycles. The van der Waals surface area contributed by atoms with E-state index in [9.17, 15) is 0 Å². The van der Waals surface area contributed by atoms with E-state index in [4.69, 9.17) is 9.47 Å². The zero-order valence-corrected chi connectivity index (χ0v) is 12.0. The molecule has 4 heteroatoms. The third-order valence-corrected chi connectivity index (χ3v) is 2.55. The van der Waals surface area contributed by atoms with Crippen LogP contribution < -0.4 is 5.32 Å². The minimum atomic E-state index is 0.716. The topological polar surface area (TPSA) is 33.7 Å². The molecule has 0 aromatic heterocycles. The van der Waals surface area contributed by atoms with Gasteiger partial charge >= 0.3 is 0 Å². The number of nitrogens with zero attached hydrogens (tertiary/aromatic N) is 1. The van der Waals surface area contributed by atoms with Crippen LogP contribution in [0.15, 0.2) is 0 Å². The lowest BCUT2D eigenvalue weighted by atomic mass is 10.2. The van der Waals surface area contributed by atoms with Gasteiger partial charge < -0.3 is 19.7 Å². The van der Waals surface area contributed by atoms with Gasteiger partial charge in [0.25, 0.3) is 0 Å². The number of nitrogens with one attached hydrogen (secondary N) is 1. The minimum absolute atomic E-state index is 0.716. The Kier molecular flexibility index (Phi) is 12.2. The summed E-state index contributed by atoms with van der Waals surface area (Å²) < 4.78 is 10.1. The van der Waals surface area contributed by atoms with E-state index < -0.39 is 0 Å². The van der Waals surface area contributed by atoms with Gasteiger partial charge in [-0.25, -0.2) is 0 Å². The molecule has 0 rings (SSSR count). The normalized spacial score (nSPS) is 11.6. The van der Waals surface area contributed by atoms with Crippen LogP contribution in [-0.2, 0) is 9.47 Å². The molecule has 0 heterocycles. The summed E-state index contributed by atoms with van der Waals surface area (Å²) >= 11 is 0. The van der Waals surface area contributed by atoms with Crippen molar-refractivity contribution >= 4 is 0 Å². The van der Waals surface area contributed by atoms with Crippen LogP contribution in [0.1, 0.15) is 20.3 Å². The monoisotopic (exact) mass is 246 g/mol. The number of hydrogen-bond donors (Lipinski definition) is 1. The standard InChI is InChI=1S/C13H30N2O2/c1-13(2)12-15(9-11-17-4)8-5-6-14-7-10-16-3/h13-14H,5-12H2,1-4H3.